The van der Waals surface area contributed by atoms with Gasteiger partial charge in [-0.3, -0.25) is 0 Å². The first-order chi connectivity index (χ1) is 9.16. The fourth-order valence-corrected chi connectivity index (χ4v) is 1.67. The normalized spacial score (nSPS) is 10.4. The average Bonchev–Trinajstić information content (AvgIpc) is 2.89. The number of nitrogens with one attached hydrogen (secondary N) is 1. The van der Waals surface area contributed by atoms with Gasteiger partial charge in [0.1, 0.15) is 11.3 Å². The van der Waals surface area contributed by atoms with Gasteiger partial charge in [-0.2, -0.15) is 5.21 Å². The van der Waals surface area contributed by atoms with Gasteiger partial charge in [-0.1, -0.05) is 16.8 Å². The van der Waals surface area contributed by atoms with Crippen molar-refractivity contribution in [1.29, 1.82) is 0 Å². The SMILES string of the molecule is O=C(O)c1cc(Cl)ccc1OCCCc1nn[nH]n1. The third-order valence-electron chi connectivity index (χ3n) is 2.36. The number of hydrogen-bond acceptors (Lipinski definition) is 5. The van der Waals surface area contributed by atoms with E-state index in [-0.39, 0.29) is 5.56 Å². The van der Waals surface area contributed by atoms with Gasteiger partial charge in [0, 0.05) is 11.4 Å². The molecule has 0 amide bonds. The quantitative estimate of drug-likeness (QED) is 0.780. The van der Waals surface area contributed by atoms with E-state index in [1.165, 1.54) is 6.07 Å². The number of H-pyrrole nitrogens is 1. The van der Waals surface area contributed by atoms with Crippen molar-refractivity contribution in [2.75, 3.05) is 6.61 Å². The van der Waals surface area contributed by atoms with Crippen molar-refractivity contribution in [1.82, 2.24) is 20.6 Å². The number of benzene rings is 1. The number of carboxylic acid groups (broad SMARTS) is 1. The van der Waals surface area contributed by atoms with Gasteiger partial charge in [0.25, 0.3) is 0 Å². The van der Waals surface area contributed by atoms with Crippen LogP contribution in [0, 0.1) is 0 Å². The lowest BCUT2D eigenvalue weighted by Gasteiger charge is -2.08. The van der Waals surface area contributed by atoms with Crippen LogP contribution in [0.25, 0.3) is 0 Å². The Bertz CT molecular complexity index is 559. The van der Waals surface area contributed by atoms with Crippen LogP contribution in [0.4, 0.5) is 0 Å². The largest absolute Gasteiger partial charge is 0.493 e. The molecule has 1 heterocycles. The molecule has 1 aromatic carbocycles. The molecule has 8 heteroatoms. The number of nitrogens with zero attached hydrogens (tertiary/aromatic N) is 3. The van der Waals surface area contributed by atoms with E-state index in [1.54, 1.807) is 12.1 Å². The molecule has 0 fully saturated rings. The topological polar surface area (TPSA) is 101 Å². The zero-order valence-corrected chi connectivity index (χ0v) is 10.6. The molecule has 0 saturated carbocycles. The van der Waals surface area contributed by atoms with Crippen LogP contribution in [-0.4, -0.2) is 38.3 Å². The van der Waals surface area contributed by atoms with E-state index in [4.69, 9.17) is 21.4 Å². The smallest absolute Gasteiger partial charge is 0.339 e. The van der Waals surface area contributed by atoms with Crippen LogP contribution in [0.1, 0.15) is 22.6 Å². The number of rotatable bonds is 6. The Balaban J connectivity index is 1.90. The van der Waals surface area contributed by atoms with Crippen LogP contribution in [0.3, 0.4) is 0 Å². The zero-order chi connectivity index (χ0) is 13.7. The van der Waals surface area contributed by atoms with Crippen molar-refractivity contribution in [2.45, 2.75) is 12.8 Å². The number of aromatic carboxylic acids is 1. The summed E-state index contributed by atoms with van der Waals surface area (Å²) >= 11 is 5.74. The summed E-state index contributed by atoms with van der Waals surface area (Å²) in [4.78, 5) is 11.0. The van der Waals surface area contributed by atoms with E-state index in [1.807, 2.05) is 0 Å². The molecule has 2 aromatic rings. The molecular weight excluding hydrogens is 272 g/mol. The molecule has 0 radical (unpaired) electrons. The fourth-order valence-electron chi connectivity index (χ4n) is 1.50. The first-order valence-corrected chi connectivity index (χ1v) is 5.92. The second-order valence-electron chi connectivity index (χ2n) is 3.73. The minimum absolute atomic E-state index is 0.0482. The standard InChI is InChI=1S/C11H11ClN4O3/c12-7-3-4-9(8(6-7)11(17)18)19-5-1-2-10-13-15-16-14-10/h3-4,6H,1-2,5H2,(H,17,18)(H,13,14,15,16). The predicted octanol–water partition coefficient (Wildman–Crippen LogP) is 1.56. The van der Waals surface area contributed by atoms with E-state index in [0.29, 0.717) is 36.0 Å². The van der Waals surface area contributed by atoms with E-state index in [2.05, 4.69) is 20.6 Å². The number of aromatic nitrogens is 4. The summed E-state index contributed by atoms with van der Waals surface area (Å²) < 4.78 is 5.43. The van der Waals surface area contributed by atoms with Crippen LogP contribution in [0.15, 0.2) is 18.2 Å². The fraction of sp³-hybridized carbons (Fsp3) is 0.273. The van der Waals surface area contributed by atoms with Gasteiger partial charge in [0.2, 0.25) is 0 Å². The van der Waals surface area contributed by atoms with E-state index >= 15 is 0 Å². The number of tetrazole rings is 1. The maximum Gasteiger partial charge on any atom is 0.339 e. The number of ether oxygens (including phenoxy) is 1. The molecule has 2 rings (SSSR count). The molecule has 0 aliphatic heterocycles. The van der Waals surface area contributed by atoms with Gasteiger partial charge in [0.05, 0.1) is 6.61 Å². The van der Waals surface area contributed by atoms with Crippen LogP contribution < -0.4 is 4.74 Å². The Morgan fingerprint density at radius 2 is 2.32 bits per heavy atom. The summed E-state index contributed by atoms with van der Waals surface area (Å²) in [6.45, 7) is 0.358. The lowest BCUT2D eigenvalue weighted by molar-refractivity contribution is 0.0692. The molecule has 0 atom stereocenters. The molecule has 0 unspecified atom stereocenters. The molecule has 0 aliphatic rings. The second kappa shape index (κ2) is 6.14. The molecule has 100 valence electrons. The van der Waals surface area contributed by atoms with E-state index in [9.17, 15) is 4.79 Å². The molecule has 7 nitrogen and oxygen atoms in total. The van der Waals surface area contributed by atoms with Crippen molar-refractivity contribution in [3.8, 4) is 5.75 Å². The first-order valence-electron chi connectivity index (χ1n) is 5.55. The predicted molar refractivity (Wildman–Crippen MR) is 66.4 cm³/mol. The molecule has 0 aliphatic carbocycles. The van der Waals surface area contributed by atoms with Gasteiger partial charge in [-0.25, -0.2) is 4.79 Å². The summed E-state index contributed by atoms with van der Waals surface area (Å²) in [5, 5.41) is 22.8. The molecule has 0 bridgehead atoms. The summed E-state index contributed by atoms with van der Waals surface area (Å²) in [5.41, 5.74) is 0.0482. The Kier molecular flexibility index (Phi) is 4.30. The van der Waals surface area contributed by atoms with Crippen molar-refractivity contribution in [2.24, 2.45) is 0 Å². The maximum absolute atomic E-state index is 11.0. The number of halogens is 1. The second-order valence-corrected chi connectivity index (χ2v) is 4.16. The Labute approximate surface area is 113 Å². The Morgan fingerprint density at radius 3 is 3.00 bits per heavy atom. The van der Waals surface area contributed by atoms with Gasteiger partial charge in [0.15, 0.2) is 5.82 Å². The third kappa shape index (κ3) is 3.65. The zero-order valence-electron chi connectivity index (χ0n) is 9.84. The lowest BCUT2D eigenvalue weighted by atomic mass is 10.2. The van der Waals surface area contributed by atoms with Crippen molar-refractivity contribution >= 4 is 17.6 Å². The molecule has 0 saturated heterocycles. The van der Waals surface area contributed by atoms with Crippen LogP contribution in [-0.2, 0) is 6.42 Å². The van der Waals surface area contributed by atoms with Gasteiger partial charge >= 0.3 is 5.97 Å². The highest BCUT2D eigenvalue weighted by atomic mass is 35.5. The molecular formula is C11H11ClN4O3. The minimum atomic E-state index is -1.07. The number of aryl methyl sites for hydroxylation is 1. The summed E-state index contributed by atoms with van der Waals surface area (Å²) in [6.07, 6.45) is 1.26. The Hall–Kier alpha value is -2.15. The van der Waals surface area contributed by atoms with Crippen molar-refractivity contribution in [3.63, 3.8) is 0 Å². The van der Waals surface area contributed by atoms with Gasteiger partial charge in [-0.05, 0) is 24.6 Å². The highest BCUT2D eigenvalue weighted by Gasteiger charge is 2.11. The molecule has 1 aromatic heterocycles. The first kappa shape index (κ1) is 13.3. The van der Waals surface area contributed by atoms with Gasteiger partial charge < -0.3 is 9.84 Å². The summed E-state index contributed by atoms with van der Waals surface area (Å²) in [7, 11) is 0. The van der Waals surface area contributed by atoms with Gasteiger partial charge in [-0.15, -0.1) is 10.2 Å². The molecule has 2 N–H and O–H groups in total. The number of carbonyl (C=O) groups is 1. The lowest BCUT2D eigenvalue weighted by Crippen LogP contribution is -2.05. The van der Waals surface area contributed by atoms with Crippen molar-refractivity contribution < 1.29 is 14.6 Å². The average molecular weight is 283 g/mol. The van der Waals surface area contributed by atoms with Crippen LogP contribution >= 0.6 is 11.6 Å². The van der Waals surface area contributed by atoms with Crippen LogP contribution in [0.2, 0.25) is 5.02 Å². The van der Waals surface area contributed by atoms with Crippen LogP contribution in [0.5, 0.6) is 5.75 Å². The molecule has 0 spiro atoms. The highest BCUT2D eigenvalue weighted by Crippen LogP contribution is 2.23. The van der Waals surface area contributed by atoms with E-state index in [0.717, 1.165) is 0 Å². The summed E-state index contributed by atoms with van der Waals surface area (Å²) in [5.74, 6) is -0.182. The maximum atomic E-state index is 11.0. The third-order valence-corrected chi connectivity index (χ3v) is 2.60. The van der Waals surface area contributed by atoms with Crippen molar-refractivity contribution in [3.05, 3.63) is 34.6 Å². The Morgan fingerprint density at radius 1 is 1.47 bits per heavy atom. The monoisotopic (exact) mass is 282 g/mol. The minimum Gasteiger partial charge on any atom is -0.493 e. The number of hydrogen-bond donors (Lipinski definition) is 2. The molecule has 19 heavy (non-hydrogen) atoms. The van der Waals surface area contributed by atoms with E-state index < -0.39 is 5.97 Å². The number of aromatic amines is 1. The summed E-state index contributed by atoms with van der Waals surface area (Å²) in [6, 6.07) is 4.49. The number of carboxylic acids is 1. The highest BCUT2D eigenvalue weighted by molar-refractivity contribution is 6.31.